The molecule has 4 bridgehead atoms. The standard InChI is InChI=1S/C18H25NO/c1-16-6-13-7-17(2,10-16)12-18(8-13,11-16)9-15(20)14-4-3-5-19-14/h3-5,13,19H,6-12H2,1-2H3. The lowest BCUT2D eigenvalue weighted by Gasteiger charge is -2.65. The van der Waals surface area contributed by atoms with Crippen LogP contribution in [0.2, 0.25) is 0 Å². The van der Waals surface area contributed by atoms with Gasteiger partial charge in [-0.2, -0.15) is 0 Å². The molecule has 0 radical (unpaired) electrons. The van der Waals surface area contributed by atoms with Crippen LogP contribution < -0.4 is 0 Å². The van der Waals surface area contributed by atoms with Gasteiger partial charge in [-0.15, -0.1) is 0 Å². The molecule has 1 heterocycles. The Kier molecular flexibility index (Phi) is 2.39. The minimum Gasteiger partial charge on any atom is -0.359 e. The number of H-pyrrole nitrogens is 1. The van der Waals surface area contributed by atoms with Crippen LogP contribution in [0.15, 0.2) is 18.3 Å². The van der Waals surface area contributed by atoms with Gasteiger partial charge in [0.25, 0.3) is 0 Å². The molecule has 1 N–H and O–H groups in total. The van der Waals surface area contributed by atoms with Gasteiger partial charge in [-0.25, -0.2) is 0 Å². The number of carbonyl (C=O) groups is 1. The van der Waals surface area contributed by atoms with Gasteiger partial charge in [0.05, 0.1) is 5.69 Å². The zero-order valence-electron chi connectivity index (χ0n) is 12.7. The first-order valence-corrected chi connectivity index (χ1v) is 8.06. The number of aromatic nitrogens is 1. The maximum atomic E-state index is 12.6. The molecule has 1 aromatic heterocycles. The number of hydrogen-bond acceptors (Lipinski definition) is 1. The molecule has 2 atom stereocenters. The van der Waals surface area contributed by atoms with Crippen LogP contribution in [-0.2, 0) is 0 Å². The van der Waals surface area contributed by atoms with Gasteiger partial charge in [0.1, 0.15) is 0 Å². The van der Waals surface area contributed by atoms with Gasteiger partial charge in [-0.05, 0) is 72.8 Å². The van der Waals surface area contributed by atoms with E-state index in [4.69, 9.17) is 0 Å². The molecule has 1 aromatic rings. The Bertz CT molecular complexity index is 526. The molecule has 5 rings (SSSR count). The van der Waals surface area contributed by atoms with Gasteiger partial charge >= 0.3 is 0 Å². The zero-order valence-corrected chi connectivity index (χ0v) is 12.7. The summed E-state index contributed by atoms with van der Waals surface area (Å²) < 4.78 is 0. The molecule has 4 aliphatic carbocycles. The third-order valence-electron chi connectivity index (χ3n) is 6.18. The van der Waals surface area contributed by atoms with Crippen molar-refractivity contribution in [3.8, 4) is 0 Å². The maximum Gasteiger partial charge on any atom is 0.179 e. The predicted octanol–water partition coefficient (Wildman–Crippen LogP) is 4.58. The molecule has 0 saturated heterocycles. The fourth-order valence-corrected chi connectivity index (χ4v) is 6.82. The van der Waals surface area contributed by atoms with Crippen molar-refractivity contribution >= 4 is 5.78 Å². The Morgan fingerprint density at radius 3 is 2.45 bits per heavy atom. The molecule has 4 aliphatic rings. The van der Waals surface area contributed by atoms with Crippen molar-refractivity contribution < 1.29 is 4.79 Å². The van der Waals surface area contributed by atoms with Gasteiger partial charge in [0.2, 0.25) is 0 Å². The van der Waals surface area contributed by atoms with Crippen LogP contribution in [-0.4, -0.2) is 10.8 Å². The second kappa shape index (κ2) is 3.78. The summed E-state index contributed by atoms with van der Waals surface area (Å²) in [6, 6.07) is 3.85. The molecule has 0 aromatic carbocycles. The van der Waals surface area contributed by atoms with Crippen molar-refractivity contribution in [3.05, 3.63) is 24.0 Å². The zero-order chi connectivity index (χ0) is 14.0. The summed E-state index contributed by atoms with van der Waals surface area (Å²) in [5.74, 6) is 1.20. The van der Waals surface area contributed by atoms with Gasteiger partial charge in [0, 0.05) is 12.6 Å². The van der Waals surface area contributed by atoms with Crippen LogP contribution >= 0.6 is 0 Å². The van der Waals surface area contributed by atoms with Crippen LogP contribution in [0, 0.1) is 22.2 Å². The summed E-state index contributed by atoms with van der Waals surface area (Å²) in [5.41, 5.74) is 2.11. The summed E-state index contributed by atoms with van der Waals surface area (Å²) in [7, 11) is 0. The number of Topliss-reactive ketones (excluding diaryl/α,β-unsaturated/α-hetero) is 1. The first kappa shape index (κ1) is 12.7. The minimum atomic E-state index is 0.297. The van der Waals surface area contributed by atoms with Crippen LogP contribution in [0.5, 0.6) is 0 Å². The quantitative estimate of drug-likeness (QED) is 0.802. The lowest BCUT2D eigenvalue weighted by atomic mass is 9.39. The summed E-state index contributed by atoms with van der Waals surface area (Å²) in [5, 5.41) is 0. The van der Waals surface area contributed by atoms with E-state index in [0.717, 1.165) is 18.0 Å². The minimum absolute atomic E-state index is 0.297. The number of carbonyl (C=O) groups excluding carboxylic acids is 1. The van der Waals surface area contributed by atoms with Crippen LogP contribution in [0.25, 0.3) is 0 Å². The summed E-state index contributed by atoms with van der Waals surface area (Å²) >= 11 is 0. The second-order valence-electron chi connectivity index (χ2n) is 8.81. The Labute approximate surface area is 121 Å². The van der Waals surface area contributed by atoms with Crippen LogP contribution in [0.1, 0.15) is 69.3 Å². The van der Waals surface area contributed by atoms with E-state index >= 15 is 0 Å². The van der Waals surface area contributed by atoms with Crippen LogP contribution in [0.4, 0.5) is 0 Å². The average Bonchev–Trinajstić information content (AvgIpc) is 2.75. The number of ketones is 1. The summed E-state index contributed by atoms with van der Waals surface area (Å²) in [4.78, 5) is 15.7. The van der Waals surface area contributed by atoms with Crippen molar-refractivity contribution in [3.63, 3.8) is 0 Å². The Hall–Kier alpha value is -1.05. The maximum absolute atomic E-state index is 12.6. The van der Waals surface area contributed by atoms with Gasteiger partial charge in [0.15, 0.2) is 5.78 Å². The molecule has 2 nitrogen and oxygen atoms in total. The largest absolute Gasteiger partial charge is 0.359 e. The molecule has 0 spiro atoms. The predicted molar refractivity (Wildman–Crippen MR) is 79.6 cm³/mol. The smallest absolute Gasteiger partial charge is 0.179 e. The van der Waals surface area contributed by atoms with Crippen LogP contribution in [0.3, 0.4) is 0 Å². The van der Waals surface area contributed by atoms with Crippen molar-refractivity contribution in [1.82, 2.24) is 4.98 Å². The molecule has 2 heteroatoms. The highest BCUT2D eigenvalue weighted by Crippen LogP contribution is 2.70. The van der Waals surface area contributed by atoms with Gasteiger partial charge in [-0.1, -0.05) is 13.8 Å². The van der Waals surface area contributed by atoms with Crippen molar-refractivity contribution in [1.29, 1.82) is 0 Å². The lowest BCUT2D eigenvalue weighted by Crippen LogP contribution is -2.55. The molecular formula is C18H25NO. The van der Waals surface area contributed by atoms with E-state index in [1.54, 1.807) is 0 Å². The van der Waals surface area contributed by atoms with E-state index < -0.39 is 0 Å². The molecule has 2 unspecified atom stereocenters. The van der Waals surface area contributed by atoms with Gasteiger partial charge < -0.3 is 4.98 Å². The van der Waals surface area contributed by atoms with Crippen molar-refractivity contribution in [2.75, 3.05) is 0 Å². The van der Waals surface area contributed by atoms with E-state index in [1.165, 1.54) is 38.5 Å². The Balaban J connectivity index is 1.63. The molecule has 108 valence electrons. The topological polar surface area (TPSA) is 32.9 Å². The number of rotatable bonds is 3. The highest BCUT2D eigenvalue weighted by atomic mass is 16.1. The van der Waals surface area contributed by atoms with E-state index in [2.05, 4.69) is 18.8 Å². The Morgan fingerprint density at radius 2 is 1.90 bits per heavy atom. The van der Waals surface area contributed by atoms with E-state index in [9.17, 15) is 4.79 Å². The third kappa shape index (κ3) is 1.88. The highest BCUT2D eigenvalue weighted by molar-refractivity contribution is 5.94. The average molecular weight is 271 g/mol. The monoisotopic (exact) mass is 271 g/mol. The van der Waals surface area contributed by atoms with E-state index in [-0.39, 0.29) is 0 Å². The molecule has 20 heavy (non-hydrogen) atoms. The summed E-state index contributed by atoms with van der Waals surface area (Å²) in [6.07, 6.45) is 10.7. The number of nitrogens with one attached hydrogen (secondary N) is 1. The molecule has 4 fully saturated rings. The summed E-state index contributed by atoms with van der Waals surface area (Å²) in [6.45, 7) is 4.95. The first-order chi connectivity index (χ1) is 9.40. The van der Waals surface area contributed by atoms with E-state index in [0.29, 0.717) is 22.0 Å². The fraction of sp³-hybridized carbons (Fsp3) is 0.722. The SMILES string of the molecule is CC12CC3CC(C)(C1)CC(CC(=O)c1ccc[nH]1)(C3)C2. The second-order valence-corrected chi connectivity index (χ2v) is 8.81. The van der Waals surface area contributed by atoms with Gasteiger partial charge in [-0.3, -0.25) is 4.79 Å². The fourth-order valence-electron chi connectivity index (χ4n) is 6.82. The van der Waals surface area contributed by atoms with Crippen molar-refractivity contribution in [2.24, 2.45) is 22.2 Å². The Morgan fingerprint density at radius 1 is 1.20 bits per heavy atom. The molecular weight excluding hydrogens is 246 g/mol. The lowest BCUT2D eigenvalue weighted by molar-refractivity contribution is -0.143. The van der Waals surface area contributed by atoms with E-state index in [1.807, 2.05) is 18.3 Å². The molecule has 4 saturated carbocycles. The molecule has 0 amide bonds. The number of aromatic amines is 1. The number of hydrogen-bond donors (Lipinski definition) is 1. The third-order valence-corrected chi connectivity index (χ3v) is 6.18. The molecule has 0 aliphatic heterocycles. The normalized spacial score (nSPS) is 45.8. The highest BCUT2D eigenvalue weighted by Gasteiger charge is 2.60. The van der Waals surface area contributed by atoms with Crippen molar-refractivity contribution in [2.45, 2.75) is 58.8 Å². The first-order valence-electron chi connectivity index (χ1n) is 8.06.